The van der Waals surface area contributed by atoms with Crippen molar-refractivity contribution in [2.24, 2.45) is 0 Å². The topological polar surface area (TPSA) is 64.5 Å². The van der Waals surface area contributed by atoms with Crippen molar-refractivity contribution in [1.29, 1.82) is 0 Å². The second-order valence-electron chi connectivity index (χ2n) is 8.63. The van der Waals surface area contributed by atoms with Gasteiger partial charge in [0.05, 0.1) is 6.54 Å². The van der Waals surface area contributed by atoms with Crippen LogP contribution in [0, 0.1) is 5.82 Å². The Bertz CT molecular complexity index is 1110. The van der Waals surface area contributed by atoms with Gasteiger partial charge in [-0.25, -0.2) is 4.39 Å². The zero-order valence-electron chi connectivity index (χ0n) is 18.2. The van der Waals surface area contributed by atoms with Gasteiger partial charge in [-0.05, 0) is 67.6 Å². The van der Waals surface area contributed by atoms with Crippen molar-refractivity contribution in [2.45, 2.75) is 32.2 Å². The number of rotatable bonds is 6. The molecule has 0 spiro atoms. The Morgan fingerprint density at radius 1 is 0.969 bits per heavy atom. The van der Waals surface area contributed by atoms with Gasteiger partial charge in [0, 0.05) is 55.9 Å². The lowest BCUT2D eigenvalue weighted by molar-refractivity contribution is 0.235. The highest BCUT2D eigenvalue weighted by atomic mass is 19.1. The molecule has 1 saturated heterocycles. The van der Waals surface area contributed by atoms with E-state index in [1.165, 1.54) is 12.1 Å². The van der Waals surface area contributed by atoms with Crippen LogP contribution < -0.4 is 15.8 Å². The lowest BCUT2D eigenvalue weighted by Crippen LogP contribution is -2.49. The summed E-state index contributed by atoms with van der Waals surface area (Å²) in [5.74, 6) is 1.52. The molecule has 1 aromatic carbocycles. The number of H-pyrrole nitrogens is 1. The number of aromatic amines is 1. The van der Waals surface area contributed by atoms with Crippen LogP contribution in [0.25, 0.3) is 11.3 Å². The van der Waals surface area contributed by atoms with Crippen LogP contribution in [0.1, 0.15) is 29.7 Å². The zero-order chi connectivity index (χ0) is 21.9. The van der Waals surface area contributed by atoms with Gasteiger partial charge in [0.25, 0.3) is 5.56 Å². The van der Waals surface area contributed by atoms with Gasteiger partial charge in [-0.3, -0.25) is 15.0 Å². The van der Waals surface area contributed by atoms with Crippen molar-refractivity contribution in [3.8, 4) is 11.3 Å². The molecule has 7 heteroatoms. The Labute approximate surface area is 187 Å². The van der Waals surface area contributed by atoms with E-state index in [1.807, 2.05) is 24.3 Å². The zero-order valence-corrected chi connectivity index (χ0v) is 18.2. The highest BCUT2D eigenvalue weighted by Crippen LogP contribution is 2.30. The summed E-state index contributed by atoms with van der Waals surface area (Å²) in [5.41, 5.74) is 4.20. The highest BCUT2D eigenvalue weighted by Gasteiger charge is 2.20. The van der Waals surface area contributed by atoms with Crippen molar-refractivity contribution >= 4 is 5.69 Å². The fourth-order valence-corrected chi connectivity index (χ4v) is 4.76. The molecule has 1 fully saturated rings. The van der Waals surface area contributed by atoms with Gasteiger partial charge in [0.2, 0.25) is 0 Å². The maximum absolute atomic E-state index is 13.1. The predicted octanol–water partition coefficient (Wildman–Crippen LogP) is 3.52. The summed E-state index contributed by atoms with van der Waals surface area (Å²) in [4.78, 5) is 19.7. The Morgan fingerprint density at radius 2 is 1.72 bits per heavy atom. The molecule has 168 valence electrons. The molecule has 0 radical (unpaired) electrons. The first-order chi connectivity index (χ1) is 15.7. The molecule has 2 aliphatic rings. The fraction of sp³-hybridized carbons (Fsp3) is 0.400. The number of hydrogen-bond acceptors (Lipinski definition) is 5. The molecule has 3 heterocycles. The quantitative estimate of drug-likeness (QED) is 0.619. The van der Waals surface area contributed by atoms with E-state index in [4.69, 9.17) is 4.42 Å². The summed E-state index contributed by atoms with van der Waals surface area (Å²) in [6.45, 7) is 5.21. The molecule has 0 amide bonds. The average Bonchev–Trinajstić information content (AvgIpc) is 3.29. The standard InChI is InChI=1S/C25H29FN4O2/c26-18-5-7-19(8-6-18)30-13-11-29(12-14-30)17-27-15-20-9-10-24(32-20)23-16-28-25(31)22-4-2-1-3-21(22)23/h5-10,16,27H,1-4,11-15,17H2,(H,28,31). The number of anilines is 1. The van der Waals surface area contributed by atoms with E-state index in [1.54, 1.807) is 6.20 Å². The molecule has 5 rings (SSSR count). The summed E-state index contributed by atoms with van der Waals surface area (Å²) in [5, 5.41) is 3.48. The van der Waals surface area contributed by atoms with E-state index >= 15 is 0 Å². The number of aromatic nitrogens is 1. The summed E-state index contributed by atoms with van der Waals surface area (Å²) >= 11 is 0. The summed E-state index contributed by atoms with van der Waals surface area (Å²) in [6, 6.07) is 10.7. The molecule has 2 aromatic heterocycles. The molecular formula is C25H29FN4O2. The van der Waals surface area contributed by atoms with Gasteiger partial charge in [0.1, 0.15) is 17.3 Å². The fourth-order valence-electron chi connectivity index (χ4n) is 4.76. The number of pyridine rings is 1. The van der Waals surface area contributed by atoms with Crippen molar-refractivity contribution in [3.63, 3.8) is 0 Å². The molecule has 32 heavy (non-hydrogen) atoms. The first kappa shape index (κ1) is 21.0. The maximum Gasteiger partial charge on any atom is 0.251 e. The van der Waals surface area contributed by atoms with Gasteiger partial charge in [-0.15, -0.1) is 0 Å². The number of halogens is 1. The monoisotopic (exact) mass is 436 g/mol. The van der Waals surface area contributed by atoms with E-state index in [2.05, 4.69) is 20.1 Å². The number of hydrogen-bond donors (Lipinski definition) is 2. The van der Waals surface area contributed by atoms with E-state index in [-0.39, 0.29) is 11.4 Å². The molecule has 3 aromatic rings. The van der Waals surface area contributed by atoms with Crippen molar-refractivity contribution in [3.05, 3.63) is 75.7 Å². The SMILES string of the molecule is O=c1[nH]cc(-c2ccc(CNCN3CCN(c4ccc(F)cc4)CC3)o2)c2c1CCCC2. The van der Waals surface area contributed by atoms with Crippen LogP contribution in [0.5, 0.6) is 0 Å². The Kier molecular flexibility index (Phi) is 6.10. The lowest BCUT2D eigenvalue weighted by Gasteiger charge is -2.36. The minimum Gasteiger partial charge on any atom is -0.460 e. The summed E-state index contributed by atoms with van der Waals surface area (Å²) in [6.07, 6.45) is 5.77. The third-order valence-corrected chi connectivity index (χ3v) is 6.54. The van der Waals surface area contributed by atoms with E-state index < -0.39 is 0 Å². The lowest BCUT2D eigenvalue weighted by atomic mass is 9.89. The minimum atomic E-state index is -0.196. The van der Waals surface area contributed by atoms with E-state index in [9.17, 15) is 9.18 Å². The first-order valence-corrected chi connectivity index (χ1v) is 11.4. The highest BCUT2D eigenvalue weighted by molar-refractivity contribution is 5.63. The van der Waals surface area contributed by atoms with Crippen LogP contribution >= 0.6 is 0 Å². The molecule has 0 bridgehead atoms. The van der Waals surface area contributed by atoms with Crippen LogP contribution in [0.15, 0.2) is 51.8 Å². The molecule has 0 saturated carbocycles. The minimum absolute atomic E-state index is 0.0384. The van der Waals surface area contributed by atoms with Gasteiger partial charge in [-0.1, -0.05) is 0 Å². The first-order valence-electron chi connectivity index (χ1n) is 11.4. The van der Waals surface area contributed by atoms with E-state index in [0.29, 0.717) is 6.54 Å². The van der Waals surface area contributed by atoms with Gasteiger partial charge >= 0.3 is 0 Å². The predicted molar refractivity (Wildman–Crippen MR) is 123 cm³/mol. The van der Waals surface area contributed by atoms with Crippen LogP contribution in [0.4, 0.5) is 10.1 Å². The molecule has 6 nitrogen and oxygen atoms in total. The number of furan rings is 1. The summed E-state index contributed by atoms with van der Waals surface area (Å²) in [7, 11) is 0. The number of benzene rings is 1. The smallest absolute Gasteiger partial charge is 0.251 e. The van der Waals surface area contributed by atoms with Crippen molar-refractivity contribution in [1.82, 2.24) is 15.2 Å². The second kappa shape index (κ2) is 9.30. The van der Waals surface area contributed by atoms with Crippen molar-refractivity contribution < 1.29 is 8.81 Å². The number of fused-ring (bicyclic) bond motifs is 1. The average molecular weight is 437 g/mol. The van der Waals surface area contributed by atoms with Gasteiger partial charge in [0.15, 0.2) is 0 Å². The van der Waals surface area contributed by atoms with Crippen LogP contribution in [-0.4, -0.2) is 42.7 Å². The largest absolute Gasteiger partial charge is 0.460 e. The number of nitrogens with zero attached hydrogens (tertiary/aromatic N) is 2. The molecule has 2 N–H and O–H groups in total. The summed E-state index contributed by atoms with van der Waals surface area (Å²) < 4.78 is 19.2. The third kappa shape index (κ3) is 4.49. The number of nitrogens with one attached hydrogen (secondary N) is 2. The molecule has 0 unspecified atom stereocenters. The molecular weight excluding hydrogens is 407 g/mol. The number of piperazine rings is 1. The normalized spacial score (nSPS) is 16.8. The third-order valence-electron chi connectivity index (χ3n) is 6.54. The van der Waals surface area contributed by atoms with Gasteiger partial charge in [-0.2, -0.15) is 0 Å². The van der Waals surface area contributed by atoms with Crippen LogP contribution in [0.2, 0.25) is 0 Å². The van der Waals surface area contributed by atoms with Crippen LogP contribution in [-0.2, 0) is 19.4 Å². The van der Waals surface area contributed by atoms with Crippen LogP contribution in [0.3, 0.4) is 0 Å². The maximum atomic E-state index is 13.1. The van der Waals surface area contributed by atoms with Crippen molar-refractivity contribution in [2.75, 3.05) is 37.7 Å². The molecule has 0 atom stereocenters. The second-order valence-corrected chi connectivity index (χ2v) is 8.63. The molecule has 1 aliphatic heterocycles. The Morgan fingerprint density at radius 3 is 2.50 bits per heavy atom. The van der Waals surface area contributed by atoms with Gasteiger partial charge < -0.3 is 14.3 Å². The molecule has 1 aliphatic carbocycles. The Balaban J connectivity index is 1.14. The van der Waals surface area contributed by atoms with E-state index in [0.717, 1.165) is 92.4 Å². The Hall–Kier alpha value is -2.90.